The van der Waals surface area contributed by atoms with Crippen molar-refractivity contribution in [3.8, 4) is 5.75 Å². The topological polar surface area (TPSA) is 48.1 Å². The van der Waals surface area contributed by atoms with Crippen LogP contribution < -0.4 is 10.5 Å². The fourth-order valence-electron chi connectivity index (χ4n) is 2.02. The molecule has 94 valence electrons. The molecule has 0 aliphatic rings. The minimum Gasteiger partial charge on any atom is -0.497 e. The van der Waals surface area contributed by atoms with Crippen molar-refractivity contribution < 1.29 is 4.74 Å². The Morgan fingerprint density at radius 1 is 1.17 bits per heavy atom. The van der Waals surface area contributed by atoms with Gasteiger partial charge in [-0.1, -0.05) is 12.1 Å². The van der Waals surface area contributed by atoms with E-state index in [0.717, 1.165) is 28.3 Å². The molecule has 18 heavy (non-hydrogen) atoms. The Morgan fingerprint density at radius 3 is 2.56 bits per heavy atom. The number of benzene rings is 1. The number of hydrogen-bond acceptors (Lipinski definition) is 3. The van der Waals surface area contributed by atoms with Gasteiger partial charge >= 0.3 is 0 Å². The van der Waals surface area contributed by atoms with Crippen LogP contribution in [0.15, 0.2) is 36.4 Å². The summed E-state index contributed by atoms with van der Waals surface area (Å²) in [5, 5.41) is 0. The summed E-state index contributed by atoms with van der Waals surface area (Å²) in [6, 6.07) is 11.6. The Hall–Kier alpha value is -1.87. The standard InChI is InChI=1S/C15H18N2O/c1-10-9-12(18-3)7-8-13(10)15(16)14-6-4-5-11(2)17-14/h4-9,15H,16H2,1-3H3. The predicted molar refractivity (Wildman–Crippen MR) is 72.7 cm³/mol. The first-order valence-electron chi connectivity index (χ1n) is 5.95. The zero-order valence-corrected chi connectivity index (χ0v) is 11.0. The molecule has 0 aliphatic heterocycles. The summed E-state index contributed by atoms with van der Waals surface area (Å²) in [5.41, 5.74) is 10.3. The monoisotopic (exact) mass is 242 g/mol. The van der Waals surface area contributed by atoms with E-state index in [2.05, 4.69) is 4.98 Å². The second-order valence-electron chi connectivity index (χ2n) is 4.40. The molecule has 0 saturated heterocycles. The zero-order chi connectivity index (χ0) is 13.1. The van der Waals surface area contributed by atoms with Crippen molar-refractivity contribution in [1.82, 2.24) is 4.98 Å². The lowest BCUT2D eigenvalue weighted by atomic mass is 9.98. The predicted octanol–water partition coefficient (Wildman–Crippen LogP) is 2.76. The number of nitrogens with zero attached hydrogens (tertiary/aromatic N) is 1. The van der Waals surface area contributed by atoms with Crippen LogP contribution in [0.4, 0.5) is 0 Å². The summed E-state index contributed by atoms with van der Waals surface area (Å²) in [7, 11) is 1.66. The Morgan fingerprint density at radius 2 is 1.94 bits per heavy atom. The SMILES string of the molecule is COc1ccc(C(N)c2cccc(C)n2)c(C)c1. The third-order valence-electron chi connectivity index (χ3n) is 3.04. The van der Waals surface area contributed by atoms with Crippen LogP contribution >= 0.6 is 0 Å². The van der Waals surface area contributed by atoms with E-state index in [1.807, 2.05) is 50.2 Å². The highest BCUT2D eigenvalue weighted by atomic mass is 16.5. The van der Waals surface area contributed by atoms with Crippen molar-refractivity contribution in [3.63, 3.8) is 0 Å². The molecule has 1 unspecified atom stereocenters. The van der Waals surface area contributed by atoms with Crippen molar-refractivity contribution in [2.24, 2.45) is 5.73 Å². The summed E-state index contributed by atoms with van der Waals surface area (Å²) in [4.78, 5) is 4.48. The van der Waals surface area contributed by atoms with Crippen molar-refractivity contribution in [2.45, 2.75) is 19.9 Å². The maximum atomic E-state index is 6.27. The van der Waals surface area contributed by atoms with E-state index in [-0.39, 0.29) is 6.04 Å². The molecule has 2 aromatic rings. The van der Waals surface area contributed by atoms with E-state index in [4.69, 9.17) is 10.5 Å². The Kier molecular flexibility index (Phi) is 3.63. The number of aromatic nitrogens is 1. The van der Waals surface area contributed by atoms with Crippen LogP contribution in [0.2, 0.25) is 0 Å². The quantitative estimate of drug-likeness (QED) is 0.900. The Balaban J connectivity index is 2.37. The van der Waals surface area contributed by atoms with Gasteiger partial charge in [0.2, 0.25) is 0 Å². The third-order valence-corrected chi connectivity index (χ3v) is 3.04. The Labute approximate surface area is 108 Å². The summed E-state index contributed by atoms with van der Waals surface area (Å²) < 4.78 is 5.20. The number of aryl methyl sites for hydroxylation is 2. The first-order chi connectivity index (χ1) is 8.61. The van der Waals surface area contributed by atoms with E-state index in [9.17, 15) is 0 Å². The van der Waals surface area contributed by atoms with E-state index in [1.54, 1.807) is 7.11 Å². The maximum absolute atomic E-state index is 6.27. The smallest absolute Gasteiger partial charge is 0.119 e. The number of nitrogens with two attached hydrogens (primary N) is 1. The minimum absolute atomic E-state index is 0.198. The molecule has 0 spiro atoms. The second-order valence-corrected chi connectivity index (χ2v) is 4.40. The molecule has 3 nitrogen and oxygen atoms in total. The molecule has 0 aliphatic carbocycles. The lowest BCUT2D eigenvalue weighted by Gasteiger charge is -2.15. The molecule has 1 aromatic carbocycles. The van der Waals surface area contributed by atoms with Crippen LogP contribution in [-0.4, -0.2) is 12.1 Å². The Bertz CT molecular complexity index is 552. The van der Waals surface area contributed by atoms with Crippen molar-refractivity contribution in [1.29, 1.82) is 0 Å². The lowest BCUT2D eigenvalue weighted by Crippen LogP contribution is -2.15. The van der Waals surface area contributed by atoms with E-state index in [1.165, 1.54) is 0 Å². The van der Waals surface area contributed by atoms with Gasteiger partial charge in [-0.3, -0.25) is 4.98 Å². The van der Waals surface area contributed by atoms with Gasteiger partial charge in [-0.25, -0.2) is 0 Å². The van der Waals surface area contributed by atoms with Gasteiger partial charge in [-0.15, -0.1) is 0 Å². The number of pyridine rings is 1. The number of ether oxygens (including phenoxy) is 1. The van der Waals surface area contributed by atoms with Crippen LogP contribution in [-0.2, 0) is 0 Å². The molecule has 1 heterocycles. The van der Waals surface area contributed by atoms with Gasteiger partial charge in [0.1, 0.15) is 5.75 Å². The van der Waals surface area contributed by atoms with Gasteiger partial charge in [0.25, 0.3) is 0 Å². The average molecular weight is 242 g/mol. The second kappa shape index (κ2) is 5.19. The average Bonchev–Trinajstić information content (AvgIpc) is 2.37. The van der Waals surface area contributed by atoms with Gasteiger partial charge < -0.3 is 10.5 Å². The highest BCUT2D eigenvalue weighted by Crippen LogP contribution is 2.24. The van der Waals surface area contributed by atoms with Crippen LogP contribution in [0.5, 0.6) is 5.75 Å². The molecule has 3 heteroatoms. The number of hydrogen-bond donors (Lipinski definition) is 1. The third kappa shape index (κ3) is 2.51. The van der Waals surface area contributed by atoms with Gasteiger partial charge in [0.15, 0.2) is 0 Å². The first-order valence-corrected chi connectivity index (χ1v) is 5.95. The summed E-state index contributed by atoms with van der Waals surface area (Å²) in [6.07, 6.45) is 0. The van der Waals surface area contributed by atoms with Gasteiger partial charge in [0.05, 0.1) is 18.8 Å². The molecule has 0 fully saturated rings. The van der Waals surface area contributed by atoms with Gasteiger partial charge in [0, 0.05) is 5.69 Å². The van der Waals surface area contributed by atoms with E-state index in [0.29, 0.717) is 0 Å². The number of rotatable bonds is 3. The van der Waals surface area contributed by atoms with Crippen LogP contribution in [0.3, 0.4) is 0 Å². The van der Waals surface area contributed by atoms with E-state index < -0.39 is 0 Å². The summed E-state index contributed by atoms with van der Waals surface area (Å²) in [6.45, 7) is 4.00. The molecule has 0 amide bonds. The first kappa shape index (κ1) is 12.6. The fourth-order valence-corrected chi connectivity index (χ4v) is 2.02. The molecule has 2 N–H and O–H groups in total. The maximum Gasteiger partial charge on any atom is 0.119 e. The van der Waals surface area contributed by atoms with Crippen LogP contribution in [0, 0.1) is 13.8 Å². The summed E-state index contributed by atoms with van der Waals surface area (Å²) in [5.74, 6) is 0.848. The molecule has 1 aromatic heterocycles. The van der Waals surface area contributed by atoms with Crippen molar-refractivity contribution in [3.05, 3.63) is 58.9 Å². The normalized spacial score (nSPS) is 12.2. The lowest BCUT2D eigenvalue weighted by molar-refractivity contribution is 0.414. The molecule has 1 atom stereocenters. The van der Waals surface area contributed by atoms with Crippen LogP contribution in [0.1, 0.15) is 28.6 Å². The molecule has 2 rings (SSSR count). The molecule has 0 saturated carbocycles. The molecular weight excluding hydrogens is 224 g/mol. The van der Waals surface area contributed by atoms with Gasteiger partial charge in [-0.2, -0.15) is 0 Å². The largest absolute Gasteiger partial charge is 0.497 e. The highest BCUT2D eigenvalue weighted by molar-refractivity contribution is 5.39. The van der Waals surface area contributed by atoms with Gasteiger partial charge in [-0.05, 0) is 49.2 Å². The minimum atomic E-state index is -0.198. The van der Waals surface area contributed by atoms with Crippen LogP contribution in [0.25, 0.3) is 0 Å². The fraction of sp³-hybridized carbons (Fsp3) is 0.267. The van der Waals surface area contributed by atoms with Crippen molar-refractivity contribution >= 4 is 0 Å². The summed E-state index contributed by atoms with van der Waals surface area (Å²) >= 11 is 0. The zero-order valence-electron chi connectivity index (χ0n) is 11.0. The molecular formula is C15H18N2O. The molecule has 0 bridgehead atoms. The number of methoxy groups -OCH3 is 1. The van der Waals surface area contributed by atoms with E-state index >= 15 is 0 Å². The molecule has 0 radical (unpaired) electrons. The highest BCUT2D eigenvalue weighted by Gasteiger charge is 2.13. The van der Waals surface area contributed by atoms with Crippen molar-refractivity contribution in [2.75, 3.05) is 7.11 Å².